The Morgan fingerprint density at radius 2 is 0.972 bits per heavy atom. The Morgan fingerprint density at radius 1 is 0.592 bits per heavy atom. The summed E-state index contributed by atoms with van der Waals surface area (Å²) in [7, 11) is 0. The highest BCUT2D eigenvalue weighted by Crippen LogP contribution is 2.15. The van der Waals surface area contributed by atoms with Gasteiger partial charge in [0.2, 0.25) is 53.2 Å². The van der Waals surface area contributed by atoms with E-state index in [0.717, 1.165) is 19.3 Å². The van der Waals surface area contributed by atoms with Gasteiger partial charge >= 0.3 is 0 Å². The maximum absolute atomic E-state index is 14.2. The van der Waals surface area contributed by atoms with Gasteiger partial charge in [0.25, 0.3) is 0 Å². The summed E-state index contributed by atoms with van der Waals surface area (Å²) in [6.07, 6.45) is 2.39. The molecule has 1 heterocycles. The maximum atomic E-state index is 14.2. The van der Waals surface area contributed by atoms with Gasteiger partial charge in [-0.05, 0) is 94.7 Å². The Balaban J connectivity index is 3.75. The van der Waals surface area contributed by atoms with Gasteiger partial charge in [-0.1, -0.05) is 81.1 Å². The minimum atomic E-state index is -1.57. The van der Waals surface area contributed by atoms with Crippen molar-refractivity contribution in [3.05, 3.63) is 0 Å². The van der Waals surface area contributed by atoms with Gasteiger partial charge in [-0.3, -0.25) is 43.2 Å². The van der Waals surface area contributed by atoms with E-state index in [0.29, 0.717) is 18.8 Å². The fourth-order valence-corrected chi connectivity index (χ4v) is 7.89. The zero-order valence-electron chi connectivity index (χ0n) is 43.5. The molecule has 0 aromatic carbocycles. The molecule has 0 bridgehead atoms. The number of rotatable bonds is 24. The lowest BCUT2D eigenvalue weighted by Gasteiger charge is -2.29. The van der Waals surface area contributed by atoms with Gasteiger partial charge in [-0.2, -0.15) is 0 Å². The number of hydrogen-bond acceptors (Lipinski definition) is 14. The van der Waals surface area contributed by atoms with Crippen LogP contribution in [0, 0.1) is 23.7 Å². The molecule has 0 spiro atoms. The largest absolute Gasteiger partial charge is 0.394 e. The molecule has 17 N–H and O–H groups in total. The molecular formula is C48H90N12O11. The lowest BCUT2D eigenvalue weighted by Crippen LogP contribution is -2.61. The van der Waals surface area contributed by atoms with Crippen molar-refractivity contribution in [3.63, 3.8) is 0 Å². The number of aliphatic hydroxyl groups excluding tert-OH is 2. The molecule has 0 saturated carbocycles. The number of amides is 9. The van der Waals surface area contributed by atoms with E-state index >= 15 is 0 Å². The van der Waals surface area contributed by atoms with Crippen LogP contribution in [0.5, 0.6) is 0 Å². The number of nitrogens with one attached hydrogen (secondary N) is 9. The molecule has 1 aliphatic rings. The highest BCUT2D eigenvalue weighted by molar-refractivity contribution is 5.98. The Kier molecular flexibility index (Phi) is 31.0. The molecule has 1 fully saturated rings. The quantitative estimate of drug-likeness (QED) is 0.0462. The average Bonchev–Trinajstić information content (AvgIpc) is 3.29. The Hall–Kier alpha value is -4.97. The zero-order chi connectivity index (χ0) is 53.8. The number of nitrogens with two attached hydrogens (primary N) is 3. The van der Waals surface area contributed by atoms with Crippen LogP contribution in [0.4, 0.5) is 0 Å². The molecule has 23 nitrogen and oxygen atoms in total. The molecular weight excluding hydrogens is 921 g/mol. The van der Waals surface area contributed by atoms with E-state index in [9.17, 15) is 53.4 Å². The van der Waals surface area contributed by atoms with Crippen LogP contribution in [0.15, 0.2) is 0 Å². The Labute approximate surface area is 420 Å². The number of aliphatic hydroxyl groups is 2. The lowest BCUT2D eigenvalue weighted by atomic mass is 9.99. The van der Waals surface area contributed by atoms with E-state index in [-0.39, 0.29) is 95.3 Å². The van der Waals surface area contributed by atoms with Crippen molar-refractivity contribution in [2.24, 2.45) is 40.9 Å². The van der Waals surface area contributed by atoms with Crippen LogP contribution in [0.2, 0.25) is 0 Å². The van der Waals surface area contributed by atoms with E-state index in [1.54, 1.807) is 0 Å². The van der Waals surface area contributed by atoms with Crippen LogP contribution in [0.1, 0.15) is 139 Å². The molecule has 408 valence electrons. The fraction of sp³-hybridized carbons (Fsp3) is 0.812. The zero-order valence-corrected chi connectivity index (χ0v) is 43.5. The summed E-state index contributed by atoms with van der Waals surface area (Å²) in [5.74, 6) is -7.01. The third-order valence-corrected chi connectivity index (χ3v) is 12.1. The third-order valence-electron chi connectivity index (χ3n) is 12.1. The minimum absolute atomic E-state index is 0.0417. The van der Waals surface area contributed by atoms with Gasteiger partial charge in [0.05, 0.1) is 19.1 Å². The third kappa shape index (κ3) is 25.3. The summed E-state index contributed by atoms with van der Waals surface area (Å²) in [6.45, 7) is 13.8. The van der Waals surface area contributed by atoms with Crippen molar-refractivity contribution in [2.45, 2.75) is 193 Å². The first-order valence-electron chi connectivity index (χ1n) is 25.6. The van der Waals surface area contributed by atoms with Gasteiger partial charge in [0.1, 0.15) is 48.3 Å². The highest BCUT2D eigenvalue weighted by atomic mass is 16.3. The minimum Gasteiger partial charge on any atom is -0.394 e. The van der Waals surface area contributed by atoms with Crippen molar-refractivity contribution in [1.29, 1.82) is 0 Å². The van der Waals surface area contributed by atoms with Gasteiger partial charge in [-0.15, -0.1) is 0 Å². The first kappa shape index (κ1) is 64.0. The molecule has 0 radical (unpaired) electrons. The molecule has 0 aromatic heterocycles. The highest BCUT2D eigenvalue weighted by Gasteiger charge is 2.35. The predicted octanol–water partition coefficient (Wildman–Crippen LogP) is -2.08. The van der Waals surface area contributed by atoms with Crippen molar-refractivity contribution in [3.8, 4) is 0 Å². The fourth-order valence-electron chi connectivity index (χ4n) is 7.89. The smallest absolute Gasteiger partial charge is 0.245 e. The van der Waals surface area contributed by atoms with E-state index < -0.39 is 114 Å². The topological polar surface area (TPSA) is 380 Å². The van der Waals surface area contributed by atoms with Crippen LogP contribution in [0.25, 0.3) is 0 Å². The van der Waals surface area contributed by atoms with Gasteiger partial charge < -0.3 is 75.3 Å². The van der Waals surface area contributed by atoms with Crippen LogP contribution < -0.4 is 65.1 Å². The van der Waals surface area contributed by atoms with Gasteiger partial charge in [0.15, 0.2) is 0 Å². The molecule has 0 aromatic rings. The summed E-state index contributed by atoms with van der Waals surface area (Å²) in [4.78, 5) is 124. The summed E-state index contributed by atoms with van der Waals surface area (Å²) in [5, 5.41) is 44.3. The van der Waals surface area contributed by atoms with E-state index in [1.807, 2.05) is 41.5 Å². The normalized spacial score (nSPS) is 24.1. The Bertz CT molecular complexity index is 1700. The second-order valence-electron chi connectivity index (χ2n) is 20.1. The van der Waals surface area contributed by atoms with Crippen LogP contribution in [0.3, 0.4) is 0 Å². The lowest BCUT2D eigenvalue weighted by molar-refractivity contribution is -0.136. The summed E-state index contributed by atoms with van der Waals surface area (Å²) >= 11 is 0. The molecule has 9 amide bonds. The number of hydrogen-bond donors (Lipinski definition) is 14. The van der Waals surface area contributed by atoms with Gasteiger partial charge in [-0.25, -0.2) is 0 Å². The second kappa shape index (κ2) is 34.4. The molecule has 71 heavy (non-hydrogen) atoms. The molecule has 1 aliphatic heterocycles. The molecule has 5 unspecified atom stereocenters. The molecule has 23 heteroatoms. The Morgan fingerprint density at radius 3 is 1.37 bits per heavy atom. The van der Waals surface area contributed by atoms with Crippen LogP contribution in [-0.2, 0) is 43.2 Å². The van der Waals surface area contributed by atoms with Crippen LogP contribution in [-0.4, -0.2) is 151 Å². The summed E-state index contributed by atoms with van der Waals surface area (Å²) in [6, 6.07) is -10.6. The summed E-state index contributed by atoms with van der Waals surface area (Å²) in [5.41, 5.74) is 17.6. The van der Waals surface area contributed by atoms with Crippen molar-refractivity contribution in [2.75, 3.05) is 32.8 Å². The second-order valence-corrected chi connectivity index (χ2v) is 20.1. The maximum Gasteiger partial charge on any atom is 0.245 e. The number of carbonyl (C=O) groups is 9. The molecule has 1 saturated heterocycles. The average molecular weight is 1010 g/mol. The first-order valence-corrected chi connectivity index (χ1v) is 25.6. The molecule has 1 rings (SSSR count). The summed E-state index contributed by atoms with van der Waals surface area (Å²) < 4.78 is 0. The SMILES string of the molecule is CCC(C)CCCCC(O)CC(=O)N[C@H](CO)C(=O)NC1CCNC(=O)C(CC(C)C)NC(=O)[C@H](CCN)NC(=O)[C@H](CCN)NC(=O)[C@H](CC(C)C)NC(=O)[C@@H](CC(C)C)NC(=O)C(CCN)NC1=O. The van der Waals surface area contributed by atoms with Gasteiger partial charge in [0, 0.05) is 6.54 Å². The molecule has 0 aliphatic carbocycles. The predicted molar refractivity (Wildman–Crippen MR) is 268 cm³/mol. The monoisotopic (exact) mass is 1010 g/mol. The number of carbonyl (C=O) groups excluding carboxylic acids is 9. The number of unbranched alkanes of at least 4 members (excludes halogenated alkanes) is 1. The van der Waals surface area contributed by atoms with Crippen LogP contribution >= 0.6 is 0 Å². The van der Waals surface area contributed by atoms with Crippen molar-refractivity contribution >= 4 is 53.2 Å². The molecule has 10 atom stereocenters. The van der Waals surface area contributed by atoms with E-state index in [4.69, 9.17) is 17.2 Å². The van der Waals surface area contributed by atoms with E-state index in [2.05, 4.69) is 61.7 Å². The standard InChI is InChI=1S/C48H90N12O11/c1-9-30(8)12-10-11-13-31(62)25-40(63)53-39(26-61)48(71)57-35-17-21-52-41(64)36(22-27(2)3)58-43(66)33(15-19-50)54-42(65)32(14-18-49)56-46(69)37(23-28(4)5)60-47(70)38(24-29(6)7)59-44(67)34(16-20-51)55-45(35)68/h27-39,61-62H,9-26,49-51H2,1-8H3,(H,52,64)(H,53,63)(H,54,65)(H,55,68)(H,56,69)(H,57,71)(H,58,66)(H,59,67)(H,60,70)/t30?,31?,32-,33-,34?,35?,36?,37-,38+,39+/m0/s1. The van der Waals surface area contributed by atoms with Crippen molar-refractivity contribution < 1.29 is 53.4 Å². The van der Waals surface area contributed by atoms with Crippen molar-refractivity contribution in [1.82, 2.24) is 47.9 Å². The van der Waals surface area contributed by atoms with E-state index in [1.165, 1.54) is 0 Å². The first-order chi connectivity index (χ1) is 33.5.